The van der Waals surface area contributed by atoms with Gasteiger partial charge in [-0.1, -0.05) is 25.1 Å². The van der Waals surface area contributed by atoms with E-state index in [1.54, 1.807) is 18.1 Å². The van der Waals surface area contributed by atoms with Gasteiger partial charge in [0.2, 0.25) is 5.91 Å². The first kappa shape index (κ1) is 18.5. The van der Waals surface area contributed by atoms with Crippen LogP contribution in [-0.2, 0) is 17.8 Å². The van der Waals surface area contributed by atoms with Crippen LogP contribution in [0.25, 0.3) is 0 Å². The number of para-hydroxylation sites is 1. The van der Waals surface area contributed by atoms with Crippen molar-refractivity contribution >= 4 is 5.91 Å². The maximum absolute atomic E-state index is 12.7. The van der Waals surface area contributed by atoms with E-state index >= 15 is 0 Å². The molecular weight excluding hydrogens is 330 g/mol. The lowest BCUT2D eigenvalue weighted by atomic mass is 9.89. The van der Waals surface area contributed by atoms with Crippen molar-refractivity contribution in [1.29, 1.82) is 0 Å². The van der Waals surface area contributed by atoms with Crippen LogP contribution in [0, 0.1) is 0 Å². The number of aliphatic hydroxyl groups is 1. The molecule has 26 heavy (non-hydrogen) atoms. The van der Waals surface area contributed by atoms with Gasteiger partial charge in [0.1, 0.15) is 30.3 Å². The second-order valence-electron chi connectivity index (χ2n) is 6.79. The molecule has 3 atom stereocenters. The lowest BCUT2D eigenvalue weighted by Crippen LogP contribution is -2.53. The minimum Gasteiger partial charge on any atom is -0.488 e. The van der Waals surface area contributed by atoms with Gasteiger partial charge in [-0.3, -0.25) is 4.79 Å². The van der Waals surface area contributed by atoms with Crippen molar-refractivity contribution in [2.45, 2.75) is 57.4 Å². The molecule has 1 fully saturated rings. The third-order valence-corrected chi connectivity index (χ3v) is 5.11. The lowest BCUT2D eigenvalue weighted by molar-refractivity contribution is -0.138. The number of aryl methyl sites for hydroxylation is 1. The predicted molar refractivity (Wildman–Crippen MR) is 98.9 cm³/mol. The normalized spacial score (nSPS) is 22.8. The van der Waals surface area contributed by atoms with Crippen molar-refractivity contribution in [2.75, 3.05) is 7.05 Å². The van der Waals surface area contributed by atoms with E-state index in [4.69, 9.17) is 4.74 Å². The summed E-state index contributed by atoms with van der Waals surface area (Å²) in [6.45, 7) is 2.26. The molecule has 6 heteroatoms. The minimum absolute atomic E-state index is 0.0258. The highest BCUT2D eigenvalue weighted by Gasteiger charge is 2.37. The number of imidazole rings is 1. The van der Waals surface area contributed by atoms with E-state index in [1.807, 2.05) is 48.0 Å². The molecule has 3 rings (SSSR count). The average molecular weight is 357 g/mol. The number of likely N-dealkylation sites (N-methyl/N-ethyl adjacent to an activating group) is 1. The highest BCUT2D eigenvalue weighted by atomic mass is 16.5. The molecule has 6 nitrogen and oxygen atoms in total. The molecule has 0 radical (unpaired) electrons. The summed E-state index contributed by atoms with van der Waals surface area (Å²) in [5.41, 5.74) is 0. The van der Waals surface area contributed by atoms with Gasteiger partial charge < -0.3 is 19.3 Å². The van der Waals surface area contributed by atoms with Crippen LogP contribution in [0.4, 0.5) is 0 Å². The molecular formula is C20H27N3O3. The average Bonchev–Trinajstić information content (AvgIpc) is 3.11. The summed E-state index contributed by atoms with van der Waals surface area (Å²) in [7, 11) is 1.77. The third-order valence-electron chi connectivity index (χ3n) is 5.11. The largest absolute Gasteiger partial charge is 0.488 e. The van der Waals surface area contributed by atoms with Crippen LogP contribution in [0.5, 0.6) is 5.75 Å². The van der Waals surface area contributed by atoms with Crippen LogP contribution in [-0.4, -0.2) is 50.8 Å². The minimum atomic E-state index is -0.702. The first-order valence-corrected chi connectivity index (χ1v) is 9.25. The molecule has 1 heterocycles. The molecule has 1 saturated carbocycles. The zero-order valence-corrected chi connectivity index (χ0v) is 15.4. The summed E-state index contributed by atoms with van der Waals surface area (Å²) >= 11 is 0. The summed E-state index contributed by atoms with van der Waals surface area (Å²) in [6.07, 6.45) is 5.80. The molecule has 0 unspecified atom stereocenters. The Morgan fingerprint density at radius 3 is 2.85 bits per heavy atom. The Morgan fingerprint density at radius 2 is 2.12 bits per heavy atom. The van der Waals surface area contributed by atoms with Crippen LogP contribution in [0.1, 0.15) is 32.0 Å². The van der Waals surface area contributed by atoms with E-state index in [9.17, 15) is 9.90 Å². The van der Waals surface area contributed by atoms with E-state index in [2.05, 4.69) is 4.98 Å². The zero-order valence-electron chi connectivity index (χ0n) is 15.4. The van der Waals surface area contributed by atoms with Crippen LogP contribution in [0.15, 0.2) is 42.7 Å². The van der Waals surface area contributed by atoms with Crippen molar-refractivity contribution in [3.8, 4) is 5.75 Å². The van der Waals surface area contributed by atoms with E-state index in [-0.39, 0.29) is 24.6 Å². The maximum Gasteiger partial charge on any atom is 0.242 e. The maximum atomic E-state index is 12.7. The quantitative estimate of drug-likeness (QED) is 0.861. The van der Waals surface area contributed by atoms with Crippen molar-refractivity contribution in [3.63, 3.8) is 0 Å². The molecule has 1 aromatic carbocycles. The number of benzene rings is 1. The second kappa shape index (κ2) is 8.36. The number of rotatable bonds is 6. The molecule has 0 spiro atoms. The van der Waals surface area contributed by atoms with Crippen LogP contribution in [0.2, 0.25) is 0 Å². The predicted octanol–water partition coefficient (Wildman–Crippen LogP) is 2.26. The summed E-state index contributed by atoms with van der Waals surface area (Å²) in [5, 5.41) is 10.8. The fourth-order valence-corrected chi connectivity index (χ4v) is 3.58. The Labute approximate surface area is 154 Å². The van der Waals surface area contributed by atoms with Crippen LogP contribution >= 0.6 is 0 Å². The van der Waals surface area contributed by atoms with Crippen molar-refractivity contribution in [3.05, 3.63) is 48.5 Å². The molecule has 0 aliphatic heterocycles. The Bertz CT molecular complexity index is 716. The number of carbonyl (C=O) groups excluding carboxylic acids is 1. The van der Waals surface area contributed by atoms with Gasteiger partial charge in [0.05, 0.1) is 6.04 Å². The molecule has 1 aliphatic carbocycles. The number of hydrogen-bond donors (Lipinski definition) is 1. The number of nitrogens with zero attached hydrogens (tertiary/aromatic N) is 3. The van der Waals surface area contributed by atoms with Crippen LogP contribution in [0.3, 0.4) is 0 Å². The van der Waals surface area contributed by atoms with Gasteiger partial charge in [-0.15, -0.1) is 0 Å². The zero-order chi connectivity index (χ0) is 18.5. The van der Waals surface area contributed by atoms with E-state index < -0.39 is 6.10 Å². The lowest BCUT2D eigenvalue weighted by Gasteiger charge is -2.39. The number of ether oxygens (including phenoxy) is 1. The fourth-order valence-electron chi connectivity index (χ4n) is 3.58. The molecule has 1 amide bonds. The van der Waals surface area contributed by atoms with Crippen molar-refractivity contribution in [1.82, 2.24) is 14.5 Å². The smallest absolute Gasteiger partial charge is 0.242 e. The first-order valence-electron chi connectivity index (χ1n) is 9.25. The monoisotopic (exact) mass is 357 g/mol. The SMILES string of the molecule is CCc1nccn1CC(=O)N(C)[C@@H]1CCC[C@H](Oc2ccccc2)[C@H]1O. The van der Waals surface area contributed by atoms with Gasteiger partial charge in [0.25, 0.3) is 0 Å². The first-order chi connectivity index (χ1) is 12.6. The van der Waals surface area contributed by atoms with E-state index in [0.29, 0.717) is 0 Å². The molecule has 0 bridgehead atoms. The van der Waals surface area contributed by atoms with Crippen molar-refractivity contribution < 1.29 is 14.6 Å². The Balaban J connectivity index is 1.64. The molecule has 1 aliphatic rings. The van der Waals surface area contributed by atoms with Gasteiger partial charge in [-0.2, -0.15) is 0 Å². The number of aromatic nitrogens is 2. The van der Waals surface area contributed by atoms with Crippen LogP contribution < -0.4 is 4.74 Å². The topological polar surface area (TPSA) is 67.6 Å². The molecule has 1 N–H and O–H groups in total. The highest BCUT2D eigenvalue weighted by molar-refractivity contribution is 5.76. The van der Waals surface area contributed by atoms with Gasteiger partial charge in [-0.25, -0.2) is 4.98 Å². The second-order valence-corrected chi connectivity index (χ2v) is 6.79. The number of carbonyl (C=O) groups is 1. The molecule has 2 aromatic rings. The fraction of sp³-hybridized carbons (Fsp3) is 0.500. The summed E-state index contributed by atoms with van der Waals surface area (Å²) in [4.78, 5) is 18.6. The Morgan fingerprint density at radius 1 is 1.35 bits per heavy atom. The van der Waals surface area contributed by atoms with Gasteiger partial charge >= 0.3 is 0 Å². The van der Waals surface area contributed by atoms with Gasteiger partial charge in [0, 0.05) is 25.9 Å². The summed E-state index contributed by atoms with van der Waals surface area (Å²) < 4.78 is 7.83. The third kappa shape index (κ3) is 4.07. The summed E-state index contributed by atoms with van der Waals surface area (Å²) in [5.74, 6) is 1.61. The molecule has 1 aromatic heterocycles. The molecule has 140 valence electrons. The number of aliphatic hydroxyl groups excluding tert-OH is 1. The van der Waals surface area contributed by atoms with Gasteiger partial charge in [-0.05, 0) is 31.4 Å². The number of amides is 1. The summed E-state index contributed by atoms with van der Waals surface area (Å²) in [6, 6.07) is 9.29. The standard InChI is InChI=1S/C20H27N3O3/c1-3-18-21-12-13-23(18)14-19(24)22(2)16-10-7-11-17(20(16)25)26-15-8-5-4-6-9-15/h4-6,8-9,12-13,16-17,20,25H,3,7,10-11,14H2,1-2H3/t16-,17+,20+/m1/s1. The highest BCUT2D eigenvalue weighted by Crippen LogP contribution is 2.27. The Kier molecular flexibility index (Phi) is 5.93. The van der Waals surface area contributed by atoms with Crippen molar-refractivity contribution in [2.24, 2.45) is 0 Å². The number of hydrogen-bond acceptors (Lipinski definition) is 4. The Hall–Kier alpha value is -2.34. The van der Waals surface area contributed by atoms with Gasteiger partial charge in [0.15, 0.2) is 0 Å². The van der Waals surface area contributed by atoms with E-state index in [1.165, 1.54) is 0 Å². The molecule has 0 saturated heterocycles. The van der Waals surface area contributed by atoms with E-state index in [0.717, 1.165) is 37.3 Å².